The molecule has 0 amide bonds. The number of hydrogen-bond donors (Lipinski definition) is 0. The van der Waals surface area contributed by atoms with E-state index >= 15 is 0 Å². The van der Waals surface area contributed by atoms with Gasteiger partial charge in [0.1, 0.15) is 13.2 Å². The highest BCUT2D eigenvalue weighted by molar-refractivity contribution is 5.71. The summed E-state index contributed by atoms with van der Waals surface area (Å²) in [7, 11) is 0. The maximum atomic E-state index is 12.7. The molecule has 0 rings (SSSR count). The topological polar surface area (TPSA) is 78.9 Å². The van der Waals surface area contributed by atoms with Gasteiger partial charge >= 0.3 is 17.9 Å². The molecule has 0 heterocycles. The van der Waals surface area contributed by atoms with Crippen LogP contribution in [0.4, 0.5) is 0 Å². The van der Waals surface area contributed by atoms with Gasteiger partial charge in [0, 0.05) is 19.3 Å². The van der Waals surface area contributed by atoms with Crippen LogP contribution in [0, 0.1) is 11.8 Å². The van der Waals surface area contributed by atoms with E-state index in [1.165, 1.54) is 148 Å². The van der Waals surface area contributed by atoms with Crippen LogP contribution in [0.1, 0.15) is 259 Å². The Balaban J connectivity index is 4.18. The molecule has 54 heavy (non-hydrogen) atoms. The molecule has 0 aromatic carbocycles. The van der Waals surface area contributed by atoms with Crippen LogP contribution in [-0.4, -0.2) is 37.2 Å². The van der Waals surface area contributed by atoms with Gasteiger partial charge in [-0.1, -0.05) is 221 Å². The zero-order valence-electron chi connectivity index (χ0n) is 36.8. The average Bonchev–Trinajstić information content (AvgIpc) is 3.14. The van der Waals surface area contributed by atoms with E-state index in [-0.39, 0.29) is 31.1 Å². The number of hydrogen-bond acceptors (Lipinski definition) is 6. The molecule has 0 spiro atoms. The Morgan fingerprint density at radius 2 is 0.611 bits per heavy atom. The van der Waals surface area contributed by atoms with E-state index in [1.54, 1.807) is 0 Å². The molecule has 0 fully saturated rings. The summed E-state index contributed by atoms with van der Waals surface area (Å²) in [6.45, 7) is 11.3. The Hall–Kier alpha value is -1.59. The summed E-state index contributed by atoms with van der Waals surface area (Å²) in [6.07, 6.45) is 39.7. The number of esters is 3. The normalized spacial score (nSPS) is 12.1. The maximum absolute atomic E-state index is 12.7. The van der Waals surface area contributed by atoms with E-state index in [0.29, 0.717) is 19.3 Å². The van der Waals surface area contributed by atoms with Gasteiger partial charge in [-0.25, -0.2) is 0 Å². The second-order valence-electron chi connectivity index (χ2n) is 17.3. The molecule has 0 aromatic heterocycles. The van der Waals surface area contributed by atoms with E-state index < -0.39 is 6.10 Å². The van der Waals surface area contributed by atoms with Crippen LogP contribution < -0.4 is 0 Å². The molecule has 0 radical (unpaired) electrons. The van der Waals surface area contributed by atoms with Crippen molar-refractivity contribution in [2.24, 2.45) is 11.8 Å². The monoisotopic (exact) mass is 765 g/mol. The van der Waals surface area contributed by atoms with Gasteiger partial charge in [0.15, 0.2) is 6.10 Å². The van der Waals surface area contributed by atoms with Gasteiger partial charge in [-0.15, -0.1) is 0 Å². The molecule has 0 bridgehead atoms. The molecule has 0 saturated heterocycles. The first-order chi connectivity index (χ1) is 26.2. The third-order valence-electron chi connectivity index (χ3n) is 10.7. The molecule has 0 aliphatic heterocycles. The molecule has 0 N–H and O–H groups in total. The van der Waals surface area contributed by atoms with Gasteiger partial charge in [0.25, 0.3) is 0 Å². The predicted octanol–water partition coefficient (Wildman–Crippen LogP) is 15.0. The van der Waals surface area contributed by atoms with Crippen LogP contribution in [0.25, 0.3) is 0 Å². The first-order valence-corrected chi connectivity index (χ1v) is 23.7. The fourth-order valence-corrected chi connectivity index (χ4v) is 7.11. The summed E-state index contributed by atoms with van der Waals surface area (Å²) >= 11 is 0. The minimum Gasteiger partial charge on any atom is -0.462 e. The summed E-state index contributed by atoms with van der Waals surface area (Å²) in [5, 5.41) is 0. The van der Waals surface area contributed by atoms with E-state index in [4.69, 9.17) is 14.2 Å². The van der Waals surface area contributed by atoms with Crippen LogP contribution in [0.2, 0.25) is 0 Å². The first-order valence-electron chi connectivity index (χ1n) is 23.7. The molecular formula is C48H92O6. The second kappa shape index (κ2) is 41.1. The minimum absolute atomic E-state index is 0.0657. The largest absolute Gasteiger partial charge is 0.462 e. The first kappa shape index (κ1) is 52.4. The summed E-state index contributed by atoms with van der Waals surface area (Å²) in [6, 6.07) is 0. The van der Waals surface area contributed by atoms with Gasteiger partial charge in [0.05, 0.1) is 0 Å². The van der Waals surface area contributed by atoms with Crippen LogP contribution in [0.5, 0.6) is 0 Å². The van der Waals surface area contributed by atoms with Crippen molar-refractivity contribution in [2.75, 3.05) is 13.2 Å². The zero-order valence-corrected chi connectivity index (χ0v) is 36.8. The van der Waals surface area contributed by atoms with Gasteiger partial charge in [-0.2, -0.15) is 0 Å². The van der Waals surface area contributed by atoms with Crippen LogP contribution in [0.15, 0.2) is 0 Å². The standard InChI is InChI=1S/C48H92O6/c1-6-7-8-9-21-28-33-38-46(49)52-41-45(42-53-47(50)39-34-29-25-20-23-27-32-37-44(4)5)54-48(51)40-35-30-24-19-17-15-13-11-10-12-14-16-18-22-26-31-36-43(2)3/h43-45H,6-42H2,1-5H3/t45-/m0/s1. The summed E-state index contributed by atoms with van der Waals surface area (Å²) in [5.41, 5.74) is 0. The second-order valence-corrected chi connectivity index (χ2v) is 17.3. The van der Waals surface area contributed by atoms with Crippen molar-refractivity contribution < 1.29 is 28.6 Å². The van der Waals surface area contributed by atoms with Crippen molar-refractivity contribution in [3.8, 4) is 0 Å². The Labute approximate surface area is 336 Å². The summed E-state index contributed by atoms with van der Waals surface area (Å²) in [4.78, 5) is 37.6. The fourth-order valence-electron chi connectivity index (χ4n) is 7.11. The highest BCUT2D eigenvalue weighted by Crippen LogP contribution is 2.17. The molecule has 6 nitrogen and oxygen atoms in total. The average molecular weight is 765 g/mol. The molecule has 320 valence electrons. The van der Waals surface area contributed by atoms with Crippen molar-refractivity contribution in [1.82, 2.24) is 0 Å². The molecule has 1 atom stereocenters. The SMILES string of the molecule is CCCCCCCCCC(=O)OC[C@@H](COC(=O)CCCCCCCCCC(C)C)OC(=O)CCCCCCCCCCCCCCCCCCC(C)C. The van der Waals surface area contributed by atoms with Gasteiger partial charge in [0.2, 0.25) is 0 Å². The number of carbonyl (C=O) groups is 3. The minimum atomic E-state index is -0.759. The molecule has 0 aliphatic carbocycles. The van der Waals surface area contributed by atoms with E-state index in [9.17, 15) is 14.4 Å². The smallest absolute Gasteiger partial charge is 0.306 e. The highest BCUT2D eigenvalue weighted by Gasteiger charge is 2.19. The Morgan fingerprint density at radius 3 is 0.907 bits per heavy atom. The Kier molecular flexibility index (Phi) is 39.8. The third kappa shape index (κ3) is 41.6. The highest BCUT2D eigenvalue weighted by atomic mass is 16.6. The van der Waals surface area contributed by atoms with Crippen LogP contribution in [0.3, 0.4) is 0 Å². The van der Waals surface area contributed by atoms with Crippen molar-refractivity contribution in [1.29, 1.82) is 0 Å². The number of ether oxygens (including phenoxy) is 3. The molecule has 6 heteroatoms. The lowest BCUT2D eigenvalue weighted by molar-refractivity contribution is -0.167. The number of rotatable bonds is 42. The fraction of sp³-hybridized carbons (Fsp3) is 0.938. The van der Waals surface area contributed by atoms with Crippen LogP contribution >= 0.6 is 0 Å². The number of carbonyl (C=O) groups excluding carboxylic acids is 3. The molecule has 0 saturated carbocycles. The quantitative estimate of drug-likeness (QED) is 0.0350. The summed E-state index contributed by atoms with van der Waals surface area (Å²) in [5.74, 6) is 0.770. The molecular weight excluding hydrogens is 673 g/mol. The number of unbranched alkanes of at least 4 members (excludes halogenated alkanes) is 27. The van der Waals surface area contributed by atoms with Crippen molar-refractivity contribution >= 4 is 17.9 Å². The lowest BCUT2D eigenvalue weighted by Gasteiger charge is -2.18. The van der Waals surface area contributed by atoms with Gasteiger partial charge in [-0.3, -0.25) is 14.4 Å². The summed E-state index contributed by atoms with van der Waals surface area (Å²) < 4.78 is 16.7. The van der Waals surface area contributed by atoms with Gasteiger partial charge < -0.3 is 14.2 Å². The van der Waals surface area contributed by atoms with E-state index in [0.717, 1.165) is 69.6 Å². The van der Waals surface area contributed by atoms with Crippen molar-refractivity contribution in [3.05, 3.63) is 0 Å². The maximum Gasteiger partial charge on any atom is 0.306 e. The van der Waals surface area contributed by atoms with Crippen molar-refractivity contribution in [3.63, 3.8) is 0 Å². The Bertz CT molecular complexity index is 824. The van der Waals surface area contributed by atoms with Crippen molar-refractivity contribution in [2.45, 2.75) is 265 Å². The third-order valence-corrected chi connectivity index (χ3v) is 10.7. The lowest BCUT2D eigenvalue weighted by Crippen LogP contribution is -2.30. The van der Waals surface area contributed by atoms with E-state index in [1.807, 2.05) is 0 Å². The predicted molar refractivity (Wildman–Crippen MR) is 229 cm³/mol. The van der Waals surface area contributed by atoms with E-state index in [2.05, 4.69) is 34.6 Å². The van der Waals surface area contributed by atoms with Crippen LogP contribution in [-0.2, 0) is 28.6 Å². The van der Waals surface area contributed by atoms with Gasteiger partial charge in [-0.05, 0) is 31.1 Å². The molecule has 0 aromatic rings. The molecule has 0 unspecified atom stereocenters. The zero-order chi connectivity index (χ0) is 39.7. The molecule has 0 aliphatic rings. The lowest BCUT2D eigenvalue weighted by atomic mass is 10.0. The Morgan fingerprint density at radius 1 is 0.352 bits per heavy atom.